The fourth-order valence-electron chi connectivity index (χ4n) is 3.39. The number of aromatic nitrogens is 2. The zero-order valence-corrected chi connectivity index (χ0v) is 19.4. The van der Waals surface area contributed by atoms with Gasteiger partial charge in [0.2, 0.25) is 5.91 Å². The molecule has 0 bridgehead atoms. The van der Waals surface area contributed by atoms with Crippen molar-refractivity contribution >= 4 is 34.3 Å². The molecule has 0 radical (unpaired) electrons. The lowest BCUT2D eigenvalue weighted by Crippen LogP contribution is -2.23. The molecule has 1 heterocycles. The molecule has 7 nitrogen and oxygen atoms in total. The number of anilines is 1. The van der Waals surface area contributed by atoms with Gasteiger partial charge in [-0.2, -0.15) is 8.78 Å². The summed E-state index contributed by atoms with van der Waals surface area (Å²) in [6.07, 6.45) is 0. The van der Waals surface area contributed by atoms with Crippen molar-refractivity contribution in [2.45, 2.75) is 18.7 Å². The molecule has 3 aromatic carbocycles. The normalized spacial score (nSPS) is 11.0. The lowest BCUT2D eigenvalue weighted by atomic mass is 10.2. The number of nitrogens with zero attached hydrogens (tertiary/aromatic N) is 2. The first kappa shape index (κ1) is 24.2. The smallest absolute Gasteiger partial charge is 0.387 e. The molecular weight excluding hydrogens is 476 g/mol. The second kappa shape index (κ2) is 11.0. The maximum absolute atomic E-state index is 13.4. The maximum Gasteiger partial charge on any atom is 0.387 e. The number of rotatable bonds is 9. The molecule has 35 heavy (non-hydrogen) atoms. The zero-order valence-electron chi connectivity index (χ0n) is 18.6. The minimum atomic E-state index is -2.92. The summed E-state index contributed by atoms with van der Waals surface area (Å²) in [5.41, 5.74) is 1.18. The van der Waals surface area contributed by atoms with Crippen LogP contribution in [-0.4, -0.2) is 34.4 Å². The molecule has 180 valence electrons. The Bertz CT molecular complexity index is 1390. The molecular formula is C25H21F2N3O4S. The Hall–Kier alpha value is -3.92. The summed E-state index contributed by atoms with van der Waals surface area (Å²) in [6.45, 7) is -0.657. The van der Waals surface area contributed by atoms with E-state index in [0.29, 0.717) is 39.8 Å². The molecule has 4 rings (SSSR count). The summed E-state index contributed by atoms with van der Waals surface area (Å²) in [5, 5.41) is 3.47. The third-order valence-electron chi connectivity index (χ3n) is 4.85. The van der Waals surface area contributed by atoms with E-state index in [1.165, 1.54) is 28.8 Å². The Morgan fingerprint density at radius 1 is 1.06 bits per heavy atom. The molecule has 1 amide bonds. The van der Waals surface area contributed by atoms with Crippen molar-refractivity contribution in [2.75, 3.05) is 17.7 Å². The van der Waals surface area contributed by atoms with Crippen molar-refractivity contribution in [3.8, 4) is 17.2 Å². The van der Waals surface area contributed by atoms with Crippen molar-refractivity contribution in [3.05, 3.63) is 83.2 Å². The van der Waals surface area contributed by atoms with Gasteiger partial charge in [-0.25, -0.2) is 4.98 Å². The van der Waals surface area contributed by atoms with Crippen LogP contribution in [0.4, 0.5) is 14.5 Å². The molecule has 10 heteroatoms. The first-order valence-electron chi connectivity index (χ1n) is 10.7. The second-order valence-electron chi connectivity index (χ2n) is 7.19. The fraction of sp³-hybridized carbons (Fsp3) is 0.160. The third-order valence-corrected chi connectivity index (χ3v) is 5.79. The highest BCUT2D eigenvalue weighted by Gasteiger charge is 2.17. The summed E-state index contributed by atoms with van der Waals surface area (Å²) in [5.74, 6) is 0.109. The van der Waals surface area contributed by atoms with Crippen LogP contribution in [0.2, 0.25) is 0 Å². The molecule has 4 aromatic rings. The highest BCUT2D eigenvalue weighted by molar-refractivity contribution is 7.99. The van der Waals surface area contributed by atoms with E-state index in [0.717, 1.165) is 11.8 Å². The molecule has 1 aromatic heterocycles. The maximum atomic E-state index is 13.4. The molecule has 0 spiro atoms. The molecule has 0 aliphatic carbocycles. The summed E-state index contributed by atoms with van der Waals surface area (Å²) in [7, 11) is 0. The van der Waals surface area contributed by atoms with E-state index in [-0.39, 0.29) is 23.0 Å². The molecule has 1 N–H and O–H groups in total. The lowest BCUT2D eigenvalue weighted by molar-refractivity contribution is -0.113. The van der Waals surface area contributed by atoms with Gasteiger partial charge in [0.05, 0.1) is 29.0 Å². The van der Waals surface area contributed by atoms with Crippen LogP contribution in [0.15, 0.2) is 82.7 Å². The van der Waals surface area contributed by atoms with Gasteiger partial charge < -0.3 is 14.8 Å². The van der Waals surface area contributed by atoms with E-state index < -0.39 is 6.61 Å². The summed E-state index contributed by atoms with van der Waals surface area (Å²) < 4.78 is 36.1. The Morgan fingerprint density at radius 2 is 1.77 bits per heavy atom. The summed E-state index contributed by atoms with van der Waals surface area (Å²) in [6, 6.07) is 19.7. The predicted octanol–water partition coefficient (Wildman–Crippen LogP) is 5.12. The number of hydrogen-bond acceptors (Lipinski definition) is 6. The van der Waals surface area contributed by atoms with Gasteiger partial charge in [0, 0.05) is 5.69 Å². The number of carbonyl (C=O) groups excluding carboxylic acids is 1. The van der Waals surface area contributed by atoms with Crippen LogP contribution in [0.5, 0.6) is 11.5 Å². The number of ether oxygens (including phenoxy) is 2. The van der Waals surface area contributed by atoms with Gasteiger partial charge in [-0.15, -0.1) is 0 Å². The van der Waals surface area contributed by atoms with Gasteiger partial charge in [-0.1, -0.05) is 36.0 Å². The topological polar surface area (TPSA) is 82.4 Å². The second-order valence-corrected chi connectivity index (χ2v) is 8.14. The van der Waals surface area contributed by atoms with Gasteiger partial charge in [0.25, 0.3) is 5.56 Å². The Morgan fingerprint density at radius 3 is 2.51 bits per heavy atom. The first-order valence-corrected chi connectivity index (χ1v) is 11.7. The Kier molecular flexibility index (Phi) is 7.61. The minimum absolute atomic E-state index is 0.00952. The van der Waals surface area contributed by atoms with Crippen LogP contribution < -0.4 is 20.3 Å². The van der Waals surface area contributed by atoms with E-state index in [1.807, 2.05) is 13.0 Å². The average molecular weight is 498 g/mol. The van der Waals surface area contributed by atoms with E-state index in [9.17, 15) is 18.4 Å². The van der Waals surface area contributed by atoms with Crippen molar-refractivity contribution in [3.63, 3.8) is 0 Å². The molecule has 0 fully saturated rings. The fourth-order valence-corrected chi connectivity index (χ4v) is 4.19. The third kappa shape index (κ3) is 5.78. The number of fused-ring (bicyclic) bond motifs is 1. The van der Waals surface area contributed by atoms with Crippen LogP contribution in [0.3, 0.4) is 0 Å². The monoisotopic (exact) mass is 497 g/mol. The summed E-state index contributed by atoms with van der Waals surface area (Å²) in [4.78, 5) is 30.7. The van der Waals surface area contributed by atoms with Crippen LogP contribution in [-0.2, 0) is 4.79 Å². The highest BCUT2D eigenvalue weighted by Crippen LogP contribution is 2.27. The standard InChI is InChI=1S/C25H21F2N3O4S/c1-2-33-21-10-6-5-9-20(21)30-23(32)18-7-3-4-8-19(18)29-25(30)35-15-22(31)28-16-11-13-17(14-12-16)34-24(26)27/h3-14,24H,2,15H2,1H3,(H,28,31). The average Bonchev–Trinajstić information content (AvgIpc) is 2.85. The number of amides is 1. The predicted molar refractivity (Wildman–Crippen MR) is 131 cm³/mol. The largest absolute Gasteiger partial charge is 0.492 e. The van der Waals surface area contributed by atoms with E-state index >= 15 is 0 Å². The molecule has 0 saturated carbocycles. The molecule has 0 atom stereocenters. The van der Waals surface area contributed by atoms with Crippen molar-refractivity contribution in [1.29, 1.82) is 0 Å². The first-order chi connectivity index (χ1) is 17.0. The van der Waals surface area contributed by atoms with Crippen LogP contribution in [0, 0.1) is 0 Å². The van der Waals surface area contributed by atoms with Gasteiger partial charge in [0.1, 0.15) is 11.5 Å². The van der Waals surface area contributed by atoms with E-state index in [4.69, 9.17) is 4.74 Å². The van der Waals surface area contributed by atoms with Crippen molar-refractivity contribution < 1.29 is 23.0 Å². The van der Waals surface area contributed by atoms with Crippen molar-refractivity contribution in [2.24, 2.45) is 0 Å². The van der Waals surface area contributed by atoms with Crippen LogP contribution in [0.25, 0.3) is 16.6 Å². The number of alkyl halides is 2. The molecule has 0 unspecified atom stereocenters. The Labute approximate surface area is 203 Å². The van der Waals surface area contributed by atoms with Crippen molar-refractivity contribution in [1.82, 2.24) is 9.55 Å². The molecule has 0 aliphatic heterocycles. The number of benzene rings is 3. The van der Waals surface area contributed by atoms with Gasteiger partial charge in [0.15, 0.2) is 5.16 Å². The number of thioether (sulfide) groups is 1. The van der Waals surface area contributed by atoms with Gasteiger partial charge >= 0.3 is 6.61 Å². The highest BCUT2D eigenvalue weighted by atomic mass is 32.2. The number of nitrogens with one attached hydrogen (secondary N) is 1. The quantitative estimate of drug-likeness (QED) is 0.255. The minimum Gasteiger partial charge on any atom is -0.492 e. The van der Waals surface area contributed by atoms with Crippen LogP contribution in [0.1, 0.15) is 6.92 Å². The zero-order chi connectivity index (χ0) is 24.8. The Balaban J connectivity index is 1.61. The van der Waals surface area contributed by atoms with Crippen LogP contribution >= 0.6 is 11.8 Å². The number of halogens is 2. The van der Waals surface area contributed by atoms with Gasteiger partial charge in [-0.3, -0.25) is 14.2 Å². The SMILES string of the molecule is CCOc1ccccc1-n1c(SCC(=O)Nc2ccc(OC(F)F)cc2)nc2ccccc2c1=O. The van der Waals surface area contributed by atoms with E-state index in [2.05, 4.69) is 15.0 Å². The van der Waals surface area contributed by atoms with Gasteiger partial charge in [-0.05, 0) is 55.5 Å². The number of para-hydroxylation sites is 3. The number of carbonyl (C=O) groups is 1. The molecule has 0 aliphatic rings. The summed E-state index contributed by atoms with van der Waals surface area (Å²) >= 11 is 1.10. The number of hydrogen-bond donors (Lipinski definition) is 1. The molecule has 0 saturated heterocycles. The lowest BCUT2D eigenvalue weighted by Gasteiger charge is -2.16. The van der Waals surface area contributed by atoms with E-state index in [1.54, 1.807) is 42.5 Å².